The SMILES string of the molecule is COc1cc(F)ccc1N(C)Cc1ccccn1. The first-order chi connectivity index (χ1) is 8.70. The van der Waals surface area contributed by atoms with Crippen LogP contribution in [0.25, 0.3) is 0 Å². The number of halogens is 1. The van der Waals surface area contributed by atoms with Crippen molar-refractivity contribution in [3.63, 3.8) is 0 Å². The molecule has 2 aromatic rings. The maximum atomic E-state index is 13.1. The summed E-state index contributed by atoms with van der Waals surface area (Å²) >= 11 is 0. The van der Waals surface area contributed by atoms with Crippen molar-refractivity contribution in [3.05, 3.63) is 54.1 Å². The summed E-state index contributed by atoms with van der Waals surface area (Å²) in [5, 5.41) is 0. The van der Waals surface area contributed by atoms with E-state index in [1.807, 2.05) is 30.1 Å². The molecule has 2 rings (SSSR count). The molecule has 94 valence electrons. The van der Waals surface area contributed by atoms with Crippen LogP contribution in [0.4, 0.5) is 10.1 Å². The zero-order valence-corrected chi connectivity index (χ0v) is 10.4. The van der Waals surface area contributed by atoms with Crippen molar-refractivity contribution in [2.24, 2.45) is 0 Å². The quantitative estimate of drug-likeness (QED) is 0.829. The highest BCUT2D eigenvalue weighted by atomic mass is 19.1. The van der Waals surface area contributed by atoms with Gasteiger partial charge < -0.3 is 9.64 Å². The number of nitrogens with zero attached hydrogens (tertiary/aromatic N) is 2. The van der Waals surface area contributed by atoms with Crippen LogP contribution in [0.1, 0.15) is 5.69 Å². The Labute approximate surface area is 106 Å². The number of benzene rings is 1. The van der Waals surface area contributed by atoms with Gasteiger partial charge in [-0.3, -0.25) is 4.98 Å². The maximum absolute atomic E-state index is 13.1. The average molecular weight is 246 g/mol. The second-order valence-corrected chi connectivity index (χ2v) is 3.99. The predicted octanol–water partition coefficient (Wildman–Crippen LogP) is 2.87. The minimum atomic E-state index is -0.304. The van der Waals surface area contributed by atoms with Gasteiger partial charge in [0.25, 0.3) is 0 Å². The summed E-state index contributed by atoms with van der Waals surface area (Å²) in [6.07, 6.45) is 1.76. The van der Waals surface area contributed by atoms with Crippen LogP contribution in [-0.4, -0.2) is 19.1 Å². The second-order valence-electron chi connectivity index (χ2n) is 3.99. The molecule has 0 bridgehead atoms. The summed E-state index contributed by atoms with van der Waals surface area (Å²) in [6.45, 7) is 0.642. The van der Waals surface area contributed by atoms with E-state index in [0.717, 1.165) is 11.4 Å². The van der Waals surface area contributed by atoms with Crippen LogP contribution in [0.2, 0.25) is 0 Å². The molecule has 0 fully saturated rings. The van der Waals surface area contributed by atoms with Gasteiger partial charge in [-0.25, -0.2) is 4.39 Å². The monoisotopic (exact) mass is 246 g/mol. The first kappa shape index (κ1) is 12.4. The van der Waals surface area contributed by atoms with Gasteiger partial charge in [0.2, 0.25) is 0 Å². The van der Waals surface area contributed by atoms with E-state index < -0.39 is 0 Å². The summed E-state index contributed by atoms with van der Waals surface area (Å²) < 4.78 is 18.3. The van der Waals surface area contributed by atoms with E-state index in [-0.39, 0.29) is 5.82 Å². The molecule has 0 aliphatic heterocycles. The molecule has 0 atom stereocenters. The van der Waals surface area contributed by atoms with Crippen LogP contribution in [0, 0.1) is 5.82 Å². The van der Waals surface area contributed by atoms with Gasteiger partial charge in [0.1, 0.15) is 11.6 Å². The molecular weight excluding hydrogens is 231 g/mol. The van der Waals surface area contributed by atoms with E-state index in [2.05, 4.69) is 4.98 Å². The molecule has 0 unspecified atom stereocenters. The molecule has 1 aromatic carbocycles. The lowest BCUT2D eigenvalue weighted by atomic mass is 10.2. The van der Waals surface area contributed by atoms with E-state index in [9.17, 15) is 4.39 Å². The number of methoxy groups -OCH3 is 1. The minimum Gasteiger partial charge on any atom is -0.494 e. The van der Waals surface area contributed by atoms with E-state index in [0.29, 0.717) is 12.3 Å². The Balaban J connectivity index is 2.21. The number of hydrogen-bond acceptors (Lipinski definition) is 3. The fourth-order valence-electron chi connectivity index (χ4n) is 1.79. The van der Waals surface area contributed by atoms with Gasteiger partial charge in [-0.2, -0.15) is 0 Å². The first-order valence-electron chi connectivity index (χ1n) is 5.65. The van der Waals surface area contributed by atoms with Crippen LogP contribution in [0.3, 0.4) is 0 Å². The Kier molecular flexibility index (Phi) is 3.77. The summed E-state index contributed by atoms with van der Waals surface area (Å²) in [5.74, 6) is 0.218. The molecule has 0 aliphatic rings. The van der Waals surface area contributed by atoms with Crippen LogP contribution < -0.4 is 9.64 Å². The fraction of sp³-hybridized carbons (Fsp3) is 0.214. The van der Waals surface area contributed by atoms with Crippen LogP contribution in [0.15, 0.2) is 42.6 Å². The molecule has 0 aliphatic carbocycles. The number of rotatable bonds is 4. The molecule has 4 heteroatoms. The third kappa shape index (κ3) is 2.77. The highest BCUT2D eigenvalue weighted by molar-refractivity contribution is 5.58. The van der Waals surface area contributed by atoms with Crippen LogP contribution in [-0.2, 0) is 6.54 Å². The molecule has 0 amide bonds. The van der Waals surface area contributed by atoms with Gasteiger partial charge in [0.05, 0.1) is 25.0 Å². The number of aromatic nitrogens is 1. The Morgan fingerprint density at radius 3 is 2.78 bits per heavy atom. The fourth-order valence-corrected chi connectivity index (χ4v) is 1.79. The minimum absolute atomic E-state index is 0.304. The molecule has 0 radical (unpaired) electrons. The van der Waals surface area contributed by atoms with E-state index in [1.165, 1.54) is 19.2 Å². The molecule has 0 spiro atoms. The molecule has 18 heavy (non-hydrogen) atoms. The van der Waals surface area contributed by atoms with Crippen LogP contribution >= 0.6 is 0 Å². The number of anilines is 1. The lowest BCUT2D eigenvalue weighted by Gasteiger charge is -2.21. The molecule has 1 heterocycles. The van der Waals surface area contributed by atoms with Crippen LogP contribution in [0.5, 0.6) is 5.75 Å². The average Bonchev–Trinajstić information content (AvgIpc) is 2.39. The largest absolute Gasteiger partial charge is 0.494 e. The Bertz CT molecular complexity index is 516. The Morgan fingerprint density at radius 1 is 1.28 bits per heavy atom. The summed E-state index contributed by atoms with van der Waals surface area (Å²) in [4.78, 5) is 6.23. The van der Waals surface area contributed by atoms with E-state index >= 15 is 0 Å². The molecule has 0 N–H and O–H groups in total. The first-order valence-corrected chi connectivity index (χ1v) is 5.65. The third-order valence-electron chi connectivity index (χ3n) is 2.68. The third-order valence-corrected chi connectivity index (χ3v) is 2.68. The lowest BCUT2D eigenvalue weighted by molar-refractivity contribution is 0.411. The summed E-state index contributed by atoms with van der Waals surface area (Å²) in [6, 6.07) is 10.3. The molecule has 1 aromatic heterocycles. The second kappa shape index (κ2) is 5.49. The topological polar surface area (TPSA) is 25.4 Å². The Hall–Kier alpha value is -2.10. The standard InChI is InChI=1S/C14H15FN2O/c1-17(10-12-5-3-4-8-16-12)13-7-6-11(15)9-14(13)18-2/h3-9H,10H2,1-2H3. The smallest absolute Gasteiger partial charge is 0.145 e. The molecular formula is C14H15FN2O. The van der Waals surface area contributed by atoms with Crippen molar-refractivity contribution in [2.75, 3.05) is 19.1 Å². The van der Waals surface area contributed by atoms with Gasteiger partial charge >= 0.3 is 0 Å². The van der Waals surface area contributed by atoms with E-state index in [4.69, 9.17) is 4.74 Å². The predicted molar refractivity (Wildman–Crippen MR) is 69.3 cm³/mol. The summed E-state index contributed by atoms with van der Waals surface area (Å²) in [5.41, 5.74) is 1.79. The highest BCUT2D eigenvalue weighted by Gasteiger charge is 2.10. The van der Waals surface area contributed by atoms with Gasteiger partial charge in [-0.1, -0.05) is 6.07 Å². The molecule has 0 saturated carbocycles. The van der Waals surface area contributed by atoms with Gasteiger partial charge in [0.15, 0.2) is 0 Å². The van der Waals surface area contributed by atoms with Crippen molar-refractivity contribution in [1.82, 2.24) is 4.98 Å². The van der Waals surface area contributed by atoms with Gasteiger partial charge in [-0.15, -0.1) is 0 Å². The Morgan fingerprint density at radius 2 is 2.11 bits per heavy atom. The van der Waals surface area contributed by atoms with Gasteiger partial charge in [-0.05, 0) is 24.3 Å². The van der Waals surface area contributed by atoms with Crippen molar-refractivity contribution < 1.29 is 9.13 Å². The van der Waals surface area contributed by atoms with Crippen molar-refractivity contribution in [1.29, 1.82) is 0 Å². The number of pyridine rings is 1. The number of hydrogen-bond donors (Lipinski definition) is 0. The number of ether oxygens (including phenoxy) is 1. The molecule has 3 nitrogen and oxygen atoms in total. The van der Waals surface area contributed by atoms with E-state index in [1.54, 1.807) is 12.3 Å². The molecule has 0 saturated heterocycles. The lowest BCUT2D eigenvalue weighted by Crippen LogP contribution is -2.17. The van der Waals surface area contributed by atoms with Crippen molar-refractivity contribution in [2.45, 2.75) is 6.54 Å². The van der Waals surface area contributed by atoms with Crippen molar-refractivity contribution >= 4 is 5.69 Å². The van der Waals surface area contributed by atoms with Crippen molar-refractivity contribution in [3.8, 4) is 5.75 Å². The summed E-state index contributed by atoms with van der Waals surface area (Å²) in [7, 11) is 3.46. The zero-order valence-electron chi connectivity index (χ0n) is 10.4. The maximum Gasteiger partial charge on any atom is 0.145 e. The zero-order chi connectivity index (χ0) is 13.0. The van der Waals surface area contributed by atoms with Gasteiger partial charge in [0, 0.05) is 19.3 Å². The normalized spacial score (nSPS) is 10.2. The highest BCUT2D eigenvalue weighted by Crippen LogP contribution is 2.28.